The molecule has 6 nitrogen and oxygen atoms in total. The predicted octanol–water partition coefficient (Wildman–Crippen LogP) is 0.689. The maximum Gasteiger partial charge on any atom is 0.191 e. The van der Waals surface area contributed by atoms with Gasteiger partial charge in [-0.05, 0) is 25.8 Å². The fourth-order valence-corrected chi connectivity index (χ4v) is 2.49. The summed E-state index contributed by atoms with van der Waals surface area (Å²) < 4.78 is 10.4. The van der Waals surface area contributed by atoms with Gasteiger partial charge in [-0.3, -0.25) is 4.99 Å². The van der Waals surface area contributed by atoms with Gasteiger partial charge in [-0.25, -0.2) is 0 Å². The van der Waals surface area contributed by atoms with E-state index in [-0.39, 0.29) is 0 Å². The topological polar surface area (TPSA) is 58.1 Å². The summed E-state index contributed by atoms with van der Waals surface area (Å²) in [6.07, 6.45) is 3.61. The SMILES string of the molecule is CCCN1CCC(NC(=NC)NCCOCCOC)CC1. The van der Waals surface area contributed by atoms with Crippen LogP contribution < -0.4 is 10.6 Å². The van der Waals surface area contributed by atoms with Gasteiger partial charge in [0.1, 0.15) is 0 Å². The molecule has 0 amide bonds. The van der Waals surface area contributed by atoms with E-state index in [0.29, 0.717) is 25.9 Å². The summed E-state index contributed by atoms with van der Waals surface area (Å²) in [4.78, 5) is 6.81. The Morgan fingerprint density at radius 3 is 2.62 bits per heavy atom. The number of hydrogen-bond acceptors (Lipinski definition) is 4. The van der Waals surface area contributed by atoms with Crippen LogP contribution in [0.25, 0.3) is 0 Å². The number of piperidine rings is 1. The molecule has 124 valence electrons. The second-order valence-corrected chi connectivity index (χ2v) is 5.36. The maximum absolute atomic E-state index is 5.42. The zero-order valence-electron chi connectivity index (χ0n) is 13.9. The van der Waals surface area contributed by atoms with Gasteiger partial charge in [-0.1, -0.05) is 6.92 Å². The van der Waals surface area contributed by atoms with Crippen molar-refractivity contribution in [2.24, 2.45) is 4.99 Å². The van der Waals surface area contributed by atoms with Crippen LogP contribution in [0.1, 0.15) is 26.2 Å². The number of nitrogens with zero attached hydrogens (tertiary/aromatic N) is 2. The zero-order valence-corrected chi connectivity index (χ0v) is 13.9. The summed E-state index contributed by atoms with van der Waals surface area (Å²) >= 11 is 0. The summed E-state index contributed by atoms with van der Waals surface area (Å²) in [5, 5.41) is 6.79. The van der Waals surface area contributed by atoms with Crippen LogP contribution >= 0.6 is 0 Å². The van der Waals surface area contributed by atoms with E-state index in [1.165, 1.54) is 38.9 Å². The second kappa shape index (κ2) is 11.8. The van der Waals surface area contributed by atoms with E-state index in [1.54, 1.807) is 7.11 Å². The van der Waals surface area contributed by atoms with E-state index >= 15 is 0 Å². The Bertz CT molecular complexity index is 279. The average molecular weight is 300 g/mol. The number of aliphatic imine (C=N–C) groups is 1. The lowest BCUT2D eigenvalue weighted by molar-refractivity contribution is 0.0733. The van der Waals surface area contributed by atoms with Gasteiger partial charge in [-0.2, -0.15) is 0 Å². The molecule has 2 N–H and O–H groups in total. The fourth-order valence-electron chi connectivity index (χ4n) is 2.49. The van der Waals surface area contributed by atoms with Crippen molar-refractivity contribution in [2.75, 3.05) is 60.2 Å². The van der Waals surface area contributed by atoms with Crippen LogP contribution in [0.5, 0.6) is 0 Å². The smallest absolute Gasteiger partial charge is 0.191 e. The standard InChI is InChI=1S/C15H32N4O2/c1-4-8-19-9-5-14(6-10-19)18-15(16-2)17-7-11-21-13-12-20-3/h14H,4-13H2,1-3H3,(H2,16,17,18). The molecule has 0 aliphatic carbocycles. The van der Waals surface area contributed by atoms with Crippen molar-refractivity contribution in [3.05, 3.63) is 0 Å². The molecule has 1 rings (SSSR count). The highest BCUT2D eigenvalue weighted by atomic mass is 16.5. The third kappa shape index (κ3) is 8.24. The van der Waals surface area contributed by atoms with Crippen LogP contribution in [-0.4, -0.2) is 77.1 Å². The number of nitrogens with one attached hydrogen (secondary N) is 2. The molecule has 0 spiro atoms. The molecule has 0 radical (unpaired) electrons. The van der Waals surface area contributed by atoms with Crippen molar-refractivity contribution in [3.8, 4) is 0 Å². The van der Waals surface area contributed by atoms with Gasteiger partial charge in [0, 0.05) is 39.8 Å². The first kappa shape index (κ1) is 18.2. The van der Waals surface area contributed by atoms with Crippen molar-refractivity contribution < 1.29 is 9.47 Å². The van der Waals surface area contributed by atoms with Gasteiger partial charge in [0.15, 0.2) is 5.96 Å². The highest BCUT2D eigenvalue weighted by Gasteiger charge is 2.19. The molecule has 6 heteroatoms. The molecular formula is C15H32N4O2. The molecule has 1 saturated heterocycles. The molecule has 0 aromatic rings. The molecule has 0 bridgehead atoms. The van der Waals surface area contributed by atoms with E-state index in [9.17, 15) is 0 Å². The van der Waals surface area contributed by atoms with E-state index in [1.807, 2.05) is 7.05 Å². The first-order valence-corrected chi connectivity index (χ1v) is 8.06. The lowest BCUT2D eigenvalue weighted by Gasteiger charge is -2.32. The molecule has 0 saturated carbocycles. The second-order valence-electron chi connectivity index (χ2n) is 5.36. The highest BCUT2D eigenvalue weighted by molar-refractivity contribution is 5.79. The number of hydrogen-bond donors (Lipinski definition) is 2. The van der Waals surface area contributed by atoms with Crippen molar-refractivity contribution in [1.82, 2.24) is 15.5 Å². The quantitative estimate of drug-likeness (QED) is 0.373. The molecule has 1 aliphatic rings. The largest absolute Gasteiger partial charge is 0.382 e. The Balaban J connectivity index is 2.11. The van der Waals surface area contributed by atoms with E-state index in [4.69, 9.17) is 9.47 Å². The van der Waals surface area contributed by atoms with Crippen LogP contribution in [0.15, 0.2) is 4.99 Å². The molecular weight excluding hydrogens is 268 g/mol. The van der Waals surface area contributed by atoms with E-state index in [0.717, 1.165) is 12.5 Å². The Kier molecular flexibility index (Phi) is 10.2. The molecule has 21 heavy (non-hydrogen) atoms. The zero-order chi connectivity index (χ0) is 15.3. The first-order chi connectivity index (χ1) is 10.3. The summed E-state index contributed by atoms with van der Waals surface area (Å²) in [6.45, 7) is 8.54. The number of guanidine groups is 1. The third-order valence-corrected chi connectivity index (χ3v) is 3.66. The van der Waals surface area contributed by atoms with Crippen molar-refractivity contribution >= 4 is 5.96 Å². The average Bonchev–Trinajstić information content (AvgIpc) is 2.51. The van der Waals surface area contributed by atoms with Crippen LogP contribution in [0.3, 0.4) is 0 Å². The minimum absolute atomic E-state index is 0.527. The normalized spacial score (nSPS) is 18.0. The van der Waals surface area contributed by atoms with Gasteiger partial charge in [0.05, 0.1) is 19.8 Å². The fraction of sp³-hybridized carbons (Fsp3) is 0.933. The number of likely N-dealkylation sites (tertiary alicyclic amines) is 1. The van der Waals surface area contributed by atoms with Gasteiger partial charge in [0.25, 0.3) is 0 Å². The molecule has 1 aliphatic heterocycles. The summed E-state index contributed by atoms with van der Waals surface area (Å²) in [5.74, 6) is 0.874. The number of rotatable bonds is 9. The van der Waals surface area contributed by atoms with Crippen molar-refractivity contribution in [1.29, 1.82) is 0 Å². The van der Waals surface area contributed by atoms with E-state index < -0.39 is 0 Å². The predicted molar refractivity (Wildman–Crippen MR) is 86.9 cm³/mol. The minimum atomic E-state index is 0.527. The van der Waals surface area contributed by atoms with Crippen molar-refractivity contribution in [2.45, 2.75) is 32.2 Å². The first-order valence-electron chi connectivity index (χ1n) is 8.06. The van der Waals surface area contributed by atoms with Gasteiger partial charge in [0.2, 0.25) is 0 Å². The van der Waals surface area contributed by atoms with Crippen molar-refractivity contribution in [3.63, 3.8) is 0 Å². The number of ether oxygens (including phenoxy) is 2. The monoisotopic (exact) mass is 300 g/mol. The molecule has 1 fully saturated rings. The number of methoxy groups -OCH3 is 1. The molecule has 1 heterocycles. The van der Waals surface area contributed by atoms with Crippen LogP contribution in [0.2, 0.25) is 0 Å². The van der Waals surface area contributed by atoms with E-state index in [2.05, 4.69) is 27.4 Å². The van der Waals surface area contributed by atoms with Gasteiger partial charge < -0.3 is 25.0 Å². The van der Waals surface area contributed by atoms with Gasteiger partial charge >= 0.3 is 0 Å². The molecule has 0 unspecified atom stereocenters. The summed E-state index contributed by atoms with van der Waals surface area (Å²) in [7, 11) is 3.49. The Morgan fingerprint density at radius 1 is 1.24 bits per heavy atom. The Labute approximate surface area is 129 Å². The minimum Gasteiger partial charge on any atom is -0.382 e. The third-order valence-electron chi connectivity index (χ3n) is 3.66. The Hall–Kier alpha value is -0.850. The highest BCUT2D eigenvalue weighted by Crippen LogP contribution is 2.10. The lowest BCUT2D eigenvalue weighted by Crippen LogP contribution is -2.49. The van der Waals surface area contributed by atoms with Crippen LogP contribution in [0.4, 0.5) is 0 Å². The Morgan fingerprint density at radius 2 is 2.00 bits per heavy atom. The van der Waals surface area contributed by atoms with Crippen LogP contribution in [-0.2, 0) is 9.47 Å². The molecule has 0 atom stereocenters. The summed E-state index contributed by atoms with van der Waals surface area (Å²) in [5.41, 5.74) is 0. The van der Waals surface area contributed by atoms with Crippen LogP contribution in [0, 0.1) is 0 Å². The molecule has 0 aromatic heterocycles. The molecule has 0 aromatic carbocycles. The van der Waals surface area contributed by atoms with Gasteiger partial charge in [-0.15, -0.1) is 0 Å². The lowest BCUT2D eigenvalue weighted by atomic mass is 10.1. The summed E-state index contributed by atoms with van der Waals surface area (Å²) in [6, 6.07) is 0.527. The maximum atomic E-state index is 5.42.